The topological polar surface area (TPSA) is 54.4 Å². The van der Waals surface area contributed by atoms with Crippen LogP contribution in [0.4, 0.5) is 24.5 Å². The molecule has 2 unspecified atom stereocenters. The van der Waals surface area contributed by atoms with E-state index in [0.717, 1.165) is 0 Å². The van der Waals surface area contributed by atoms with Gasteiger partial charge in [0.2, 0.25) is 6.23 Å². The number of anilines is 2. The van der Waals surface area contributed by atoms with E-state index in [-0.39, 0.29) is 17.9 Å². The zero-order valence-electron chi connectivity index (χ0n) is 16.1. The number of aliphatic hydroxyl groups excluding tert-OH is 1. The first kappa shape index (κ1) is 19.7. The second-order valence-electron chi connectivity index (χ2n) is 7.07. The number of para-hydroxylation sites is 1. The Hall–Kier alpha value is -2.65. The first-order valence-corrected chi connectivity index (χ1v) is 9.09. The van der Waals surface area contributed by atoms with Gasteiger partial charge < -0.3 is 29.1 Å². The van der Waals surface area contributed by atoms with Gasteiger partial charge in [0.05, 0.1) is 24.0 Å². The van der Waals surface area contributed by atoms with Gasteiger partial charge in [-0.15, -0.1) is 0 Å². The molecule has 9 heteroatoms. The van der Waals surface area contributed by atoms with Crippen molar-refractivity contribution in [2.75, 3.05) is 30.5 Å². The van der Waals surface area contributed by atoms with Crippen LogP contribution in [0.5, 0.6) is 11.5 Å². The largest absolute Gasteiger partial charge is 0.466 e. The molecule has 2 aromatic carbocycles. The number of alkyl halides is 2. The van der Waals surface area contributed by atoms with Crippen LogP contribution in [0, 0.1) is 5.82 Å². The van der Waals surface area contributed by atoms with Crippen molar-refractivity contribution in [2.45, 2.75) is 31.6 Å². The van der Waals surface area contributed by atoms with E-state index in [2.05, 4.69) is 0 Å². The molecule has 156 valence electrons. The van der Waals surface area contributed by atoms with Crippen LogP contribution in [0.2, 0.25) is 0 Å². The second kappa shape index (κ2) is 7.00. The van der Waals surface area contributed by atoms with Gasteiger partial charge >= 0.3 is 6.11 Å². The van der Waals surface area contributed by atoms with Crippen LogP contribution in [0.15, 0.2) is 36.4 Å². The summed E-state index contributed by atoms with van der Waals surface area (Å²) < 4.78 is 59.0. The zero-order valence-corrected chi connectivity index (χ0v) is 16.1. The summed E-state index contributed by atoms with van der Waals surface area (Å²) in [5.74, 6) is -0.0599. The first-order valence-electron chi connectivity index (χ1n) is 9.09. The molecule has 0 bridgehead atoms. The Morgan fingerprint density at radius 1 is 1.24 bits per heavy atom. The van der Waals surface area contributed by atoms with Gasteiger partial charge in [0, 0.05) is 25.8 Å². The zero-order chi connectivity index (χ0) is 20.9. The van der Waals surface area contributed by atoms with Gasteiger partial charge in [-0.1, -0.05) is 12.1 Å². The van der Waals surface area contributed by atoms with E-state index in [4.69, 9.17) is 14.2 Å². The van der Waals surface area contributed by atoms with E-state index in [1.807, 2.05) is 0 Å². The summed E-state index contributed by atoms with van der Waals surface area (Å²) in [4.78, 5) is 3.02. The molecule has 2 aliphatic heterocycles. The average molecular weight is 410 g/mol. The third kappa shape index (κ3) is 3.24. The number of hydrogen-bond acceptors (Lipinski definition) is 6. The number of fused-ring (bicyclic) bond motifs is 2. The summed E-state index contributed by atoms with van der Waals surface area (Å²) >= 11 is 0. The molecule has 0 saturated carbocycles. The van der Waals surface area contributed by atoms with Gasteiger partial charge in [0.1, 0.15) is 11.6 Å². The number of methoxy groups -OCH3 is 1. The molecule has 29 heavy (non-hydrogen) atoms. The van der Waals surface area contributed by atoms with E-state index in [9.17, 15) is 18.3 Å². The minimum absolute atomic E-state index is 0.0134. The third-order valence-corrected chi connectivity index (χ3v) is 5.17. The predicted octanol–water partition coefficient (Wildman–Crippen LogP) is 3.50. The lowest BCUT2D eigenvalue weighted by molar-refractivity contribution is -0.253. The number of halogens is 3. The molecule has 6 nitrogen and oxygen atoms in total. The van der Waals surface area contributed by atoms with Gasteiger partial charge in [0.25, 0.3) is 0 Å². The Bertz CT molecular complexity index is 925. The van der Waals surface area contributed by atoms with Gasteiger partial charge in [-0.2, -0.15) is 8.78 Å². The van der Waals surface area contributed by atoms with E-state index >= 15 is 0 Å². The first-order chi connectivity index (χ1) is 13.7. The van der Waals surface area contributed by atoms with Crippen molar-refractivity contribution < 1.29 is 32.5 Å². The minimum atomic E-state index is -3.66. The van der Waals surface area contributed by atoms with Crippen molar-refractivity contribution in [3.05, 3.63) is 47.8 Å². The Kier molecular flexibility index (Phi) is 4.74. The van der Waals surface area contributed by atoms with Gasteiger partial charge in [0.15, 0.2) is 12.0 Å². The van der Waals surface area contributed by atoms with Gasteiger partial charge in [-0.05, 0) is 25.1 Å². The minimum Gasteiger partial charge on any atom is -0.466 e. The molecule has 2 heterocycles. The maximum atomic E-state index is 14.8. The molecule has 2 aromatic rings. The standard InChI is InChI=1S/C20H21F3N2O4/c1-11(26)13-5-4-6-14-18(13)29-20(22,23)19(27-3)25(14)10-17-24(2)15-9-12(21)7-8-16(15)28-17/h4-9,11,17,19,26H,10H2,1-3H3/t11-,17?,19?/m0/s1. The molecule has 3 atom stereocenters. The Morgan fingerprint density at radius 2 is 2.00 bits per heavy atom. The number of ether oxygens (including phenoxy) is 3. The predicted molar refractivity (Wildman–Crippen MR) is 100 cm³/mol. The molecule has 0 spiro atoms. The van der Waals surface area contributed by atoms with E-state index in [1.54, 1.807) is 24.1 Å². The Morgan fingerprint density at radius 3 is 2.69 bits per heavy atom. The highest BCUT2D eigenvalue weighted by Crippen LogP contribution is 2.47. The summed E-state index contributed by atoms with van der Waals surface area (Å²) in [5.41, 5.74) is 1.12. The molecule has 0 amide bonds. The lowest BCUT2D eigenvalue weighted by Gasteiger charge is -2.43. The lowest BCUT2D eigenvalue weighted by atomic mass is 10.1. The summed E-state index contributed by atoms with van der Waals surface area (Å²) in [6, 6.07) is 8.90. The highest BCUT2D eigenvalue weighted by atomic mass is 19.3. The van der Waals surface area contributed by atoms with E-state index in [0.29, 0.717) is 17.1 Å². The van der Waals surface area contributed by atoms with Crippen LogP contribution in [0.1, 0.15) is 18.6 Å². The Labute approximate surface area is 166 Å². The van der Waals surface area contributed by atoms with Crippen molar-refractivity contribution >= 4 is 11.4 Å². The van der Waals surface area contributed by atoms with Crippen molar-refractivity contribution in [3.8, 4) is 11.5 Å². The molecule has 2 aliphatic rings. The Balaban J connectivity index is 1.72. The summed E-state index contributed by atoms with van der Waals surface area (Å²) in [7, 11) is 2.87. The van der Waals surface area contributed by atoms with Crippen molar-refractivity contribution in [1.29, 1.82) is 0 Å². The van der Waals surface area contributed by atoms with Crippen molar-refractivity contribution in [3.63, 3.8) is 0 Å². The van der Waals surface area contributed by atoms with E-state index in [1.165, 1.54) is 43.2 Å². The summed E-state index contributed by atoms with van der Waals surface area (Å²) in [6.45, 7) is 1.46. The maximum Gasteiger partial charge on any atom is 0.444 e. The highest BCUT2D eigenvalue weighted by Gasteiger charge is 2.53. The molecule has 0 fully saturated rings. The lowest BCUT2D eigenvalue weighted by Crippen LogP contribution is -2.59. The van der Waals surface area contributed by atoms with Crippen LogP contribution in [-0.4, -0.2) is 44.4 Å². The van der Waals surface area contributed by atoms with Gasteiger partial charge in [-0.3, -0.25) is 0 Å². The number of likely N-dealkylation sites (N-methyl/N-ethyl adjacent to an activating group) is 1. The number of aliphatic hydroxyl groups is 1. The quantitative estimate of drug-likeness (QED) is 0.833. The van der Waals surface area contributed by atoms with Crippen LogP contribution < -0.4 is 19.3 Å². The molecular formula is C20H21F3N2O4. The fraction of sp³-hybridized carbons (Fsp3) is 0.400. The van der Waals surface area contributed by atoms with Crippen molar-refractivity contribution in [1.82, 2.24) is 0 Å². The van der Waals surface area contributed by atoms with E-state index < -0.39 is 30.5 Å². The molecular weight excluding hydrogens is 389 g/mol. The normalized spacial score (nSPS) is 23.1. The molecule has 0 aromatic heterocycles. The molecule has 0 radical (unpaired) electrons. The van der Waals surface area contributed by atoms with Crippen molar-refractivity contribution in [2.24, 2.45) is 0 Å². The number of benzene rings is 2. The van der Waals surface area contributed by atoms with Gasteiger partial charge in [-0.25, -0.2) is 4.39 Å². The molecule has 0 saturated heterocycles. The van der Waals surface area contributed by atoms with Crippen LogP contribution >= 0.6 is 0 Å². The summed E-state index contributed by atoms with van der Waals surface area (Å²) in [5, 5.41) is 9.99. The summed E-state index contributed by atoms with van der Waals surface area (Å²) in [6.07, 6.45) is -7.04. The highest BCUT2D eigenvalue weighted by molar-refractivity contribution is 5.66. The second-order valence-corrected chi connectivity index (χ2v) is 7.07. The third-order valence-electron chi connectivity index (χ3n) is 5.17. The number of hydrogen-bond donors (Lipinski definition) is 1. The monoisotopic (exact) mass is 410 g/mol. The van der Waals surface area contributed by atoms with Crippen LogP contribution in [0.25, 0.3) is 0 Å². The molecule has 0 aliphatic carbocycles. The molecule has 4 rings (SSSR count). The number of rotatable bonds is 4. The maximum absolute atomic E-state index is 14.8. The average Bonchev–Trinajstić information content (AvgIpc) is 2.96. The molecule has 1 N–H and O–H groups in total. The smallest absolute Gasteiger partial charge is 0.444 e. The fourth-order valence-electron chi connectivity index (χ4n) is 3.74. The number of nitrogens with zero attached hydrogens (tertiary/aromatic N) is 2. The van der Waals surface area contributed by atoms with Crippen LogP contribution in [0.3, 0.4) is 0 Å². The fourth-order valence-corrected chi connectivity index (χ4v) is 3.74. The van der Waals surface area contributed by atoms with Crippen LogP contribution in [-0.2, 0) is 4.74 Å². The SMILES string of the molecule is COC1N(CC2Oc3ccc(F)cc3N2C)c2cccc([C@H](C)O)c2OC1(F)F.